The number of nitrogens with zero attached hydrogens (tertiary/aromatic N) is 3. The SMILES string of the molecule is C.C[C@@]1(O)[C@H](O)CO[C@H]1c1ccc2c(N)ncnn12.O=P(O)(O)O.O=P(O)(O)O.O=P(O)(O)O. The number of nitrogen functional groups attached to an aromatic ring is 1. The van der Waals surface area contributed by atoms with Crippen molar-refractivity contribution in [1.29, 1.82) is 0 Å². The van der Waals surface area contributed by atoms with Crippen LogP contribution < -0.4 is 5.73 Å². The molecule has 0 aromatic carbocycles. The summed E-state index contributed by atoms with van der Waals surface area (Å²) in [7, 11) is -13.9. The Bertz CT molecular complexity index is 972. The lowest BCUT2D eigenvalue weighted by Crippen LogP contribution is -2.40. The molecule has 0 unspecified atom stereocenters. The van der Waals surface area contributed by atoms with Crippen LogP contribution in [0.25, 0.3) is 5.52 Å². The van der Waals surface area contributed by atoms with Gasteiger partial charge in [0.15, 0.2) is 5.82 Å². The van der Waals surface area contributed by atoms with E-state index < -0.39 is 41.3 Å². The molecule has 3 atom stereocenters. The van der Waals surface area contributed by atoms with Gasteiger partial charge in [-0.05, 0) is 19.1 Å². The molecule has 2 aromatic heterocycles. The van der Waals surface area contributed by atoms with Crippen LogP contribution in [0.5, 0.6) is 0 Å². The summed E-state index contributed by atoms with van der Waals surface area (Å²) in [5.74, 6) is 0.356. The Labute approximate surface area is 191 Å². The highest BCUT2D eigenvalue weighted by atomic mass is 31.2. The fraction of sp³-hybridized carbons (Fsp3) is 0.500. The van der Waals surface area contributed by atoms with Crippen molar-refractivity contribution >= 4 is 34.8 Å². The molecule has 200 valence electrons. The second kappa shape index (κ2) is 13.1. The number of aromatic nitrogens is 3. The van der Waals surface area contributed by atoms with Gasteiger partial charge in [-0.3, -0.25) is 0 Å². The van der Waals surface area contributed by atoms with E-state index >= 15 is 0 Å². The fourth-order valence-electron chi connectivity index (χ4n) is 2.26. The maximum Gasteiger partial charge on any atom is 0.466 e. The third-order valence-electron chi connectivity index (χ3n) is 3.41. The van der Waals surface area contributed by atoms with E-state index in [0.29, 0.717) is 17.0 Å². The molecule has 0 saturated carbocycles. The van der Waals surface area contributed by atoms with Crippen molar-refractivity contribution in [2.24, 2.45) is 0 Å². The van der Waals surface area contributed by atoms with Gasteiger partial charge < -0.3 is 64.7 Å². The van der Waals surface area contributed by atoms with Gasteiger partial charge in [-0.2, -0.15) is 5.10 Å². The van der Waals surface area contributed by atoms with E-state index in [-0.39, 0.29) is 14.0 Å². The summed E-state index contributed by atoms with van der Waals surface area (Å²) < 4.78 is 33.7. The average molecular weight is 560 g/mol. The van der Waals surface area contributed by atoms with Gasteiger partial charge in [-0.15, -0.1) is 0 Å². The number of anilines is 1. The minimum atomic E-state index is -4.64. The van der Waals surface area contributed by atoms with Gasteiger partial charge in [-0.25, -0.2) is 23.2 Å². The zero-order chi connectivity index (χ0) is 26.4. The molecule has 19 nitrogen and oxygen atoms in total. The number of phosphoric acid groups is 3. The number of hydrogen-bond acceptors (Lipinski definition) is 9. The quantitative estimate of drug-likeness (QED) is 0.158. The first-order chi connectivity index (χ1) is 14.5. The molecule has 22 heteroatoms. The molecule has 34 heavy (non-hydrogen) atoms. The molecule has 1 saturated heterocycles. The third kappa shape index (κ3) is 14.8. The monoisotopic (exact) mass is 560 g/mol. The normalized spacial score (nSPS) is 22.2. The Hall–Kier alpha value is -1.37. The van der Waals surface area contributed by atoms with Crippen LogP contribution >= 0.6 is 23.5 Å². The lowest BCUT2D eigenvalue weighted by molar-refractivity contribution is -0.0664. The molecule has 13 N–H and O–H groups in total. The number of aliphatic hydroxyl groups is 2. The molecule has 0 aliphatic carbocycles. The Balaban J connectivity index is 0. The molecule has 1 aliphatic heterocycles. The average Bonchev–Trinajstić information content (AvgIpc) is 3.05. The van der Waals surface area contributed by atoms with Crippen LogP contribution in [-0.2, 0) is 18.4 Å². The van der Waals surface area contributed by atoms with Crippen molar-refractivity contribution in [1.82, 2.24) is 14.6 Å². The summed E-state index contributed by atoms with van der Waals surface area (Å²) in [6.45, 7) is 1.63. The standard InChI is InChI=1S/C11H14N4O3.CH4.3H3O4P/c1-11(17)8(16)4-18-9(11)6-2-3-7-10(12)13-5-14-15(6)7;;3*1-5(2,3)4/h2-3,5,8-9,16-17H,4H2,1H3,(H2,12,13,14);1H4;3*(H3,1,2,3,4)/t8-,9+,11-;;;;/m1..../s1. The Morgan fingerprint density at radius 2 is 1.41 bits per heavy atom. The maximum absolute atomic E-state index is 10.3. The molecule has 0 amide bonds. The van der Waals surface area contributed by atoms with Crippen LogP contribution in [-0.4, -0.2) is 87.2 Å². The molecular formula is C12H27N4O15P3. The molecule has 3 heterocycles. The van der Waals surface area contributed by atoms with Gasteiger partial charge in [0.05, 0.1) is 12.3 Å². The highest BCUT2D eigenvalue weighted by molar-refractivity contribution is 7.45. The van der Waals surface area contributed by atoms with E-state index in [0.717, 1.165) is 0 Å². The van der Waals surface area contributed by atoms with Gasteiger partial charge in [0, 0.05) is 0 Å². The van der Waals surface area contributed by atoms with Crippen molar-refractivity contribution in [3.05, 3.63) is 24.2 Å². The lowest BCUT2D eigenvalue weighted by Gasteiger charge is -2.26. The minimum Gasteiger partial charge on any atom is -0.388 e. The topological polar surface area (TPSA) is 339 Å². The summed E-state index contributed by atoms with van der Waals surface area (Å²) in [4.78, 5) is 68.6. The summed E-state index contributed by atoms with van der Waals surface area (Å²) in [6, 6.07) is 3.52. The van der Waals surface area contributed by atoms with Gasteiger partial charge in [0.2, 0.25) is 0 Å². The van der Waals surface area contributed by atoms with E-state index in [1.165, 1.54) is 6.33 Å². The number of rotatable bonds is 1. The third-order valence-corrected chi connectivity index (χ3v) is 3.41. The largest absolute Gasteiger partial charge is 0.466 e. The number of ether oxygens (including phenoxy) is 1. The highest BCUT2D eigenvalue weighted by Gasteiger charge is 2.48. The molecule has 2 aromatic rings. The first-order valence-corrected chi connectivity index (χ1v) is 12.7. The lowest BCUT2D eigenvalue weighted by atomic mass is 9.94. The molecule has 3 rings (SSSR count). The minimum absolute atomic E-state index is 0. The molecule has 0 radical (unpaired) electrons. The van der Waals surface area contributed by atoms with Crippen molar-refractivity contribution in [2.75, 3.05) is 12.3 Å². The number of fused-ring (bicyclic) bond motifs is 1. The van der Waals surface area contributed by atoms with Gasteiger partial charge in [-0.1, -0.05) is 7.43 Å². The molecular weight excluding hydrogens is 533 g/mol. The van der Waals surface area contributed by atoms with Crippen LogP contribution in [0, 0.1) is 0 Å². The number of nitrogens with two attached hydrogens (primary N) is 1. The Kier molecular flexibility index (Phi) is 13.4. The molecule has 1 fully saturated rings. The van der Waals surface area contributed by atoms with Crippen LogP contribution in [0.2, 0.25) is 0 Å². The van der Waals surface area contributed by atoms with Crippen molar-refractivity contribution in [2.45, 2.75) is 32.2 Å². The predicted octanol–water partition coefficient (Wildman–Crippen LogP) is -2.65. The second-order valence-electron chi connectivity index (χ2n) is 6.20. The van der Waals surface area contributed by atoms with E-state index in [1.807, 2.05) is 0 Å². The van der Waals surface area contributed by atoms with E-state index in [2.05, 4.69) is 10.1 Å². The number of aliphatic hydroxyl groups excluding tert-OH is 1. The van der Waals surface area contributed by atoms with Gasteiger partial charge in [0.25, 0.3) is 0 Å². The summed E-state index contributed by atoms with van der Waals surface area (Å²) in [5, 5.41) is 24.1. The van der Waals surface area contributed by atoms with Crippen LogP contribution in [0.4, 0.5) is 5.82 Å². The van der Waals surface area contributed by atoms with Crippen molar-refractivity contribution < 1.29 is 72.7 Å². The zero-order valence-electron chi connectivity index (χ0n) is 16.4. The summed E-state index contributed by atoms with van der Waals surface area (Å²) in [6.07, 6.45) is -0.233. The van der Waals surface area contributed by atoms with Gasteiger partial charge in [0.1, 0.15) is 29.7 Å². The molecule has 0 spiro atoms. The van der Waals surface area contributed by atoms with Crippen LogP contribution in [0.1, 0.15) is 26.1 Å². The van der Waals surface area contributed by atoms with Crippen LogP contribution in [0.3, 0.4) is 0 Å². The second-order valence-corrected chi connectivity index (χ2v) is 9.28. The highest BCUT2D eigenvalue weighted by Crippen LogP contribution is 2.38. The number of hydrogen-bond donors (Lipinski definition) is 12. The molecule has 1 aliphatic rings. The predicted molar refractivity (Wildman–Crippen MR) is 112 cm³/mol. The van der Waals surface area contributed by atoms with E-state index in [4.69, 9.17) is 68.2 Å². The fourth-order valence-corrected chi connectivity index (χ4v) is 2.26. The van der Waals surface area contributed by atoms with E-state index in [9.17, 15) is 10.2 Å². The van der Waals surface area contributed by atoms with Crippen molar-refractivity contribution in [3.63, 3.8) is 0 Å². The molecule has 0 bridgehead atoms. The first kappa shape index (κ1) is 34.8. The summed E-state index contributed by atoms with van der Waals surface area (Å²) in [5.41, 5.74) is 5.67. The smallest absolute Gasteiger partial charge is 0.388 e. The van der Waals surface area contributed by atoms with Crippen LogP contribution in [0.15, 0.2) is 18.5 Å². The van der Waals surface area contributed by atoms with Crippen molar-refractivity contribution in [3.8, 4) is 0 Å². The van der Waals surface area contributed by atoms with E-state index in [1.54, 1.807) is 23.6 Å². The Morgan fingerprint density at radius 1 is 1.00 bits per heavy atom. The van der Waals surface area contributed by atoms with Gasteiger partial charge >= 0.3 is 23.5 Å². The zero-order valence-corrected chi connectivity index (χ0v) is 19.1. The maximum atomic E-state index is 10.3. The summed E-state index contributed by atoms with van der Waals surface area (Å²) >= 11 is 0. The first-order valence-electron chi connectivity index (χ1n) is 7.96. The Morgan fingerprint density at radius 3 is 1.76 bits per heavy atom.